The van der Waals surface area contributed by atoms with Gasteiger partial charge in [-0.1, -0.05) is 78.9 Å². The molecule has 3 aromatic carbocycles. The number of H-pyrrole nitrogens is 1. The number of benzene rings is 3. The van der Waals surface area contributed by atoms with Crippen LogP contribution in [0.2, 0.25) is 0 Å². The van der Waals surface area contributed by atoms with Crippen molar-refractivity contribution in [2.45, 2.75) is 18.0 Å². The summed E-state index contributed by atoms with van der Waals surface area (Å²) >= 11 is 0. The molecule has 1 N–H and O–H groups in total. The van der Waals surface area contributed by atoms with E-state index in [1.807, 2.05) is 60.7 Å². The van der Waals surface area contributed by atoms with Crippen LogP contribution in [0.1, 0.15) is 22.6 Å². The fourth-order valence-corrected chi connectivity index (χ4v) is 4.98. The maximum Gasteiger partial charge on any atom is 0.264 e. The standard InChI is InChI=1S/C26H22N4O4/c31-24-15-16-29(27-24)26(22(18-30(33)34)20-11-5-2-6-12-20)21-13-7-8-14-23(21)28(25(26)32)17-19-9-3-1-4-10-19/h1-16,22H,17-18H2,(H,27,31)/t22-,26+/m1/s1. The third-order valence-electron chi connectivity index (χ3n) is 6.38. The van der Waals surface area contributed by atoms with Gasteiger partial charge in [-0.3, -0.25) is 29.5 Å². The summed E-state index contributed by atoms with van der Waals surface area (Å²) in [5.74, 6) is -1.21. The summed E-state index contributed by atoms with van der Waals surface area (Å²) in [6, 6.07) is 27.2. The van der Waals surface area contributed by atoms with Gasteiger partial charge in [0.2, 0.25) is 6.54 Å². The fourth-order valence-electron chi connectivity index (χ4n) is 4.98. The van der Waals surface area contributed by atoms with Crippen LogP contribution < -0.4 is 10.5 Å². The average Bonchev–Trinajstić information content (AvgIpc) is 3.39. The van der Waals surface area contributed by atoms with E-state index in [1.165, 1.54) is 16.9 Å². The normalized spacial score (nSPS) is 18.0. The fraction of sp³-hybridized carbons (Fsp3) is 0.154. The molecule has 2 heterocycles. The molecule has 1 aliphatic heterocycles. The third kappa shape index (κ3) is 3.40. The molecule has 8 nitrogen and oxygen atoms in total. The highest BCUT2D eigenvalue weighted by Gasteiger charge is 2.59. The summed E-state index contributed by atoms with van der Waals surface area (Å²) in [5.41, 5.74) is 0.904. The Kier molecular flexibility index (Phi) is 5.33. The molecule has 2 atom stereocenters. The number of aromatic nitrogens is 2. The van der Waals surface area contributed by atoms with Crippen LogP contribution in [0.3, 0.4) is 0 Å². The van der Waals surface area contributed by atoms with Crippen molar-refractivity contribution >= 4 is 11.6 Å². The molecule has 0 radical (unpaired) electrons. The van der Waals surface area contributed by atoms with E-state index in [4.69, 9.17) is 0 Å². The van der Waals surface area contributed by atoms with Gasteiger partial charge in [-0.25, -0.2) is 0 Å². The van der Waals surface area contributed by atoms with Crippen LogP contribution in [0.4, 0.5) is 5.69 Å². The van der Waals surface area contributed by atoms with Gasteiger partial charge in [0, 0.05) is 22.7 Å². The van der Waals surface area contributed by atoms with E-state index in [0.29, 0.717) is 23.4 Å². The number of aromatic amines is 1. The highest BCUT2D eigenvalue weighted by molar-refractivity contribution is 6.08. The molecule has 1 aromatic heterocycles. The van der Waals surface area contributed by atoms with Crippen LogP contribution in [0.5, 0.6) is 0 Å². The number of anilines is 1. The monoisotopic (exact) mass is 454 g/mol. The zero-order valence-corrected chi connectivity index (χ0v) is 18.2. The lowest BCUT2D eigenvalue weighted by Crippen LogP contribution is -2.52. The van der Waals surface area contributed by atoms with E-state index >= 15 is 0 Å². The van der Waals surface area contributed by atoms with Crippen molar-refractivity contribution in [3.8, 4) is 0 Å². The van der Waals surface area contributed by atoms with E-state index in [1.54, 1.807) is 29.2 Å². The van der Waals surface area contributed by atoms with Crippen LogP contribution in [-0.4, -0.2) is 27.2 Å². The molecule has 0 bridgehead atoms. The predicted molar refractivity (Wildman–Crippen MR) is 127 cm³/mol. The molecule has 0 aliphatic carbocycles. The molecule has 1 amide bonds. The second kappa shape index (κ2) is 8.47. The first-order valence-corrected chi connectivity index (χ1v) is 10.9. The van der Waals surface area contributed by atoms with Crippen LogP contribution in [0.25, 0.3) is 0 Å². The number of nitrogens with zero attached hydrogens (tertiary/aromatic N) is 3. The molecule has 1 aliphatic rings. The molecular formula is C26H22N4O4. The number of hydrogen-bond donors (Lipinski definition) is 1. The Labute approximate surface area is 195 Å². The quantitative estimate of drug-likeness (QED) is 0.341. The summed E-state index contributed by atoms with van der Waals surface area (Å²) < 4.78 is 1.45. The lowest BCUT2D eigenvalue weighted by Gasteiger charge is -2.36. The third-order valence-corrected chi connectivity index (χ3v) is 6.38. The smallest absolute Gasteiger partial charge is 0.264 e. The van der Waals surface area contributed by atoms with Gasteiger partial charge >= 0.3 is 0 Å². The number of fused-ring (bicyclic) bond motifs is 1. The van der Waals surface area contributed by atoms with Gasteiger partial charge in [0.15, 0.2) is 5.54 Å². The largest absolute Gasteiger partial charge is 0.305 e. The first-order valence-electron chi connectivity index (χ1n) is 10.9. The molecule has 5 rings (SSSR count). The highest BCUT2D eigenvalue weighted by Crippen LogP contribution is 2.50. The van der Waals surface area contributed by atoms with Crippen molar-refractivity contribution in [2.24, 2.45) is 0 Å². The average molecular weight is 454 g/mol. The number of amides is 1. The second-order valence-corrected chi connectivity index (χ2v) is 8.30. The minimum absolute atomic E-state index is 0.296. The van der Waals surface area contributed by atoms with Gasteiger partial charge in [0.05, 0.1) is 18.2 Å². The molecule has 0 saturated carbocycles. The van der Waals surface area contributed by atoms with Gasteiger partial charge in [0.25, 0.3) is 11.5 Å². The van der Waals surface area contributed by atoms with Crippen molar-refractivity contribution < 1.29 is 9.72 Å². The maximum atomic E-state index is 14.5. The lowest BCUT2D eigenvalue weighted by atomic mass is 9.75. The number of nitrogens with one attached hydrogen (secondary N) is 1. The van der Waals surface area contributed by atoms with Gasteiger partial charge in [-0.15, -0.1) is 0 Å². The first-order chi connectivity index (χ1) is 16.5. The number of para-hydroxylation sites is 1. The van der Waals surface area contributed by atoms with E-state index < -0.39 is 22.9 Å². The van der Waals surface area contributed by atoms with E-state index in [9.17, 15) is 19.7 Å². The minimum Gasteiger partial charge on any atom is -0.305 e. The zero-order chi connectivity index (χ0) is 23.7. The highest BCUT2D eigenvalue weighted by atomic mass is 16.6. The van der Waals surface area contributed by atoms with Crippen molar-refractivity contribution in [1.82, 2.24) is 9.78 Å². The molecule has 170 valence electrons. The van der Waals surface area contributed by atoms with Gasteiger partial charge in [-0.05, 0) is 17.2 Å². The van der Waals surface area contributed by atoms with Gasteiger partial charge < -0.3 is 4.90 Å². The molecule has 0 saturated heterocycles. The number of nitro groups is 1. The predicted octanol–water partition coefficient (Wildman–Crippen LogP) is 3.53. The molecule has 4 aromatic rings. The Morgan fingerprint density at radius 2 is 1.53 bits per heavy atom. The Morgan fingerprint density at radius 3 is 2.18 bits per heavy atom. The molecule has 8 heteroatoms. The molecule has 34 heavy (non-hydrogen) atoms. The van der Waals surface area contributed by atoms with E-state index in [0.717, 1.165) is 5.56 Å². The zero-order valence-electron chi connectivity index (χ0n) is 18.2. The van der Waals surface area contributed by atoms with Crippen LogP contribution >= 0.6 is 0 Å². The lowest BCUT2D eigenvalue weighted by molar-refractivity contribution is -0.485. The number of carbonyl (C=O) groups is 1. The van der Waals surface area contributed by atoms with E-state index in [-0.39, 0.29) is 11.5 Å². The van der Waals surface area contributed by atoms with Crippen molar-refractivity contribution in [3.63, 3.8) is 0 Å². The van der Waals surface area contributed by atoms with Crippen LogP contribution in [-0.2, 0) is 16.9 Å². The van der Waals surface area contributed by atoms with Crippen LogP contribution in [0.15, 0.2) is 102 Å². The Morgan fingerprint density at radius 1 is 0.882 bits per heavy atom. The van der Waals surface area contributed by atoms with Crippen molar-refractivity contribution in [3.05, 3.63) is 134 Å². The topological polar surface area (TPSA) is 101 Å². The van der Waals surface area contributed by atoms with E-state index in [2.05, 4.69) is 5.10 Å². The second-order valence-electron chi connectivity index (χ2n) is 8.30. The molecule has 0 unspecified atom stereocenters. The number of carbonyl (C=O) groups excluding carboxylic acids is 1. The van der Waals surface area contributed by atoms with Crippen molar-refractivity contribution in [2.75, 3.05) is 11.4 Å². The van der Waals surface area contributed by atoms with Gasteiger partial charge in [0.1, 0.15) is 0 Å². The molecule has 0 spiro atoms. The van der Waals surface area contributed by atoms with Crippen molar-refractivity contribution in [1.29, 1.82) is 0 Å². The Balaban J connectivity index is 1.79. The maximum absolute atomic E-state index is 14.5. The van der Waals surface area contributed by atoms with Crippen LogP contribution in [0, 0.1) is 10.1 Å². The number of rotatable bonds is 7. The SMILES string of the molecule is O=C1N(Cc2ccccc2)c2ccccc2[C@@]1([C@H](C[N+](=O)[O-])c1ccccc1)n1ccc(=O)[nH]1. The number of hydrogen-bond acceptors (Lipinski definition) is 4. The summed E-state index contributed by atoms with van der Waals surface area (Å²) in [5, 5.41) is 14.6. The molecular weight excluding hydrogens is 432 g/mol. The summed E-state index contributed by atoms with van der Waals surface area (Å²) in [6.07, 6.45) is 1.50. The Bertz CT molecular complexity index is 1400. The summed E-state index contributed by atoms with van der Waals surface area (Å²) in [6.45, 7) is -0.201. The summed E-state index contributed by atoms with van der Waals surface area (Å²) in [4.78, 5) is 39.8. The Hall–Kier alpha value is -4.46. The minimum atomic E-state index is -1.54. The van der Waals surface area contributed by atoms with Gasteiger partial charge in [-0.2, -0.15) is 0 Å². The summed E-state index contributed by atoms with van der Waals surface area (Å²) in [7, 11) is 0. The first kappa shape index (κ1) is 21.4. The molecule has 0 fully saturated rings.